The summed E-state index contributed by atoms with van der Waals surface area (Å²) in [5, 5.41) is 6.01. The van der Waals surface area contributed by atoms with E-state index >= 15 is 0 Å². The molecule has 33 heavy (non-hydrogen) atoms. The van der Waals surface area contributed by atoms with Gasteiger partial charge in [-0.1, -0.05) is 18.2 Å². The molecule has 1 heterocycles. The van der Waals surface area contributed by atoms with E-state index in [0.29, 0.717) is 45.6 Å². The molecule has 0 aliphatic carbocycles. The maximum Gasteiger partial charge on any atom is 0.255 e. The number of anilines is 3. The number of ether oxygens (including phenoxy) is 2. The standard InChI is InChI=1S/C25H21FN4O3/c1-32-20-9-10-21(22(15-20)33-2)29-25(31)17-6-4-8-19(14-17)28-23-11-12-27-24(30-23)16-5-3-7-18(26)13-16/h3-15H,1-2H3,(H,29,31)(H,27,28,30). The first-order valence-corrected chi connectivity index (χ1v) is 10.0. The molecule has 0 spiro atoms. The lowest BCUT2D eigenvalue weighted by Crippen LogP contribution is -2.13. The third kappa shape index (κ3) is 5.24. The molecular formula is C25H21FN4O3. The van der Waals surface area contributed by atoms with Crippen LogP contribution in [0.3, 0.4) is 0 Å². The van der Waals surface area contributed by atoms with Crippen LogP contribution in [0.15, 0.2) is 79.0 Å². The van der Waals surface area contributed by atoms with E-state index < -0.39 is 0 Å². The zero-order valence-corrected chi connectivity index (χ0v) is 18.0. The summed E-state index contributed by atoms with van der Waals surface area (Å²) < 4.78 is 24.1. The van der Waals surface area contributed by atoms with Crippen LogP contribution in [-0.4, -0.2) is 30.1 Å². The molecular weight excluding hydrogens is 423 g/mol. The molecule has 0 radical (unpaired) electrons. The maximum absolute atomic E-state index is 13.5. The summed E-state index contributed by atoms with van der Waals surface area (Å²) in [5.41, 5.74) is 2.20. The van der Waals surface area contributed by atoms with Crippen molar-refractivity contribution in [1.29, 1.82) is 0 Å². The first-order valence-electron chi connectivity index (χ1n) is 10.0. The van der Waals surface area contributed by atoms with Crippen LogP contribution >= 0.6 is 0 Å². The molecule has 2 N–H and O–H groups in total. The number of nitrogens with zero attached hydrogens (tertiary/aromatic N) is 2. The number of methoxy groups -OCH3 is 2. The number of hydrogen-bond donors (Lipinski definition) is 2. The van der Waals surface area contributed by atoms with E-state index in [1.807, 2.05) is 6.07 Å². The monoisotopic (exact) mass is 444 g/mol. The molecule has 0 saturated heterocycles. The lowest BCUT2D eigenvalue weighted by molar-refractivity contribution is 0.102. The summed E-state index contributed by atoms with van der Waals surface area (Å²) in [6.45, 7) is 0. The number of rotatable bonds is 7. The number of amides is 1. The molecule has 0 saturated carbocycles. The van der Waals surface area contributed by atoms with E-state index in [4.69, 9.17) is 9.47 Å². The Kier molecular flexibility index (Phi) is 6.45. The fourth-order valence-corrected chi connectivity index (χ4v) is 3.18. The number of carbonyl (C=O) groups is 1. The SMILES string of the molecule is COc1ccc(NC(=O)c2cccc(Nc3ccnc(-c4cccc(F)c4)n3)c2)c(OC)c1. The average Bonchev–Trinajstić information content (AvgIpc) is 2.84. The molecule has 0 aliphatic rings. The molecule has 3 aromatic carbocycles. The van der Waals surface area contributed by atoms with Gasteiger partial charge in [-0.05, 0) is 48.5 Å². The third-order valence-corrected chi connectivity index (χ3v) is 4.79. The van der Waals surface area contributed by atoms with E-state index in [2.05, 4.69) is 20.6 Å². The van der Waals surface area contributed by atoms with Crippen molar-refractivity contribution >= 4 is 23.1 Å². The van der Waals surface area contributed by atoms with Gasteiger partial charge in [0.2, 0.25) is 0 Å². The molecule has 1 aromatic heterocycles. The summed E-state index contributed by atoms with van der Waals surface area (Å²) in [6, 6.07) is 19.9. The van der Waals surface area contributed by atoms with E-state index in [1.165, 1.54) is 19.2 Å². The normalized spacial score (nSPS) is 10.4. The number of benzene rings is 3. The molecule has 4 rings (SSSR count). The Hall–Kier alpha value is -4.46. The highest BCUT2D eigenvalue weighted by molar-refractivity contribution is 6.05. The van der Waals surface area contributed by atoms with Crippen LogP contribution in [0.1, 0.15) is 10.4 Å². The minimum absolute atomic E-state index is 0.301. The second-order valence-electron chi connectivity index (χ2n) is 7.00. The zero-order chi connectivity index (χ0) is 23.2. The molecule has 8 heteroatoms. The lowest BCUT2D eigenvalue weighted by Gasteiger charge is -2.12. The van der Waals surface area contributed by atoms with Crippen molar-refractivity contribution in [2.75, 3.05) is 24.9 Å². The van der Waals surface area contributed by atoms with Gasteiger partial charge >= 0.3 is 0 Å². The van der Waals surface area contributed by atoms with E-state index in [9.17, 15) is 9.18 Å². The Morgan fingerprint density at radius 3 is 2.58 bits per heavy atom. The van der Waals surface area contributed by atoms with Gasteiger partial charge in [0.05, 0.1) is 19.9 Å². The quantitative estimate of drug-likeness (QED) is 0.403. The highest BCUT2D eigenvalue weighted by atomic mass is 19.1. The number of nitrogens with one attached hydrogen (secondary N) is 2. The van der Waals surface area contributed by atoms with Crippen molar-refractivity contribution in [3.8, 4) is 22.9 Å². The van der Waals surface area contributed by atoms with Crippen molar-refractivity contribution < 1.29 is 18.7 Å². The molecule has 1 amide bonds. The largest absolute Gasteiger partial charge is 0.497 e. The zero-order valence-electron chi connectivity index (χ0n) is 18.0. The van der Waals surface area contributed by atoms with Gasteiger partial charge in [-0.2, -0.15) is 0 Å². The van der Waals surface area contributed by atoms with Crippen molar-refractivity contribution in [1.82, 2.24) is 9.97 Å². The van der Waals surface area contributed by atoms with Crippen LogP contribution in [0.5, 0.6) is 11.5 Å². The number of aromatic nitrogens is 2. The molecule has 0 aliphatic heterocycles. The van der Waals surface area contributed by atoms with E-state index in [0.717, 1.165) is 0 Å². The fourth-order valence-electron chi connectivity index (χ4n) is 3.18. The van der Waals surface area contributed by atoms with Crippen LogP contribution in [0.25, 0.3) is 11.4 Å². The lowest BCUT2D eigenvalue weighted by atomic mass is 10.1. The van der Waals surface area contributed by atoms with Crippen molar-refractivity contribution in [2.24, 2.45) is 0 Å². The molecule has 0 atom stereocenters. The molecule has 166 valence electrons. The van der Waals surface area contributed by atoms with Gasteiger partial charge in [-0.15, -0.1) is 0 Å². The number of halogens is 1. The molecule has 0 fully saturated rings. The first kappa shape index (κ1) is 21.8. The molecule has 0 bridgehead atoms. The highest BCUT2D eigenvalue weighted by Crippen LogP contribution is 2.29. The topological polar surface area (TPSA) is 85.4 Å². The van der Waals surface area contributed by atoms with Gasteiger partial charge in [-0.3, -0.25) is 4.79 Å². The Morgan fingerprint density at radius 1 is 0.939 bits per heavy atom. The average molecular weight is 444 g/mol. The predicted octanol–water partition coefficient (Wildman–Crippen LogP) is 5.30. The van der Waals surface area contributed by atoms with Crippen LogP contribution < -0.4 is 20.1 Å². The predicted molar refractivity (Wildman–Crippen MR) is 125 cm³/mol. The van der Waals surface area contributed by atoms with Gasteiger partial charge in [0, 0.05) is 29.1 Å². The maximum atomic E-state index is 13.5. The van der Waals surface area contributed by atoms with Crippen LogP contribution in [-0.2, 0) is 0 Å². The van der Waals surface area contributed by atoms with Crippen LogP contribution in [0.4, 0.5) is 21.6 Å². The Bertz CT molecular complexity index is 1300. The minimum atomic E-state index is -0.360. The second kappa shape index (κ2) is 9.78. The summed E-state index contributed by atoms with van der Waals surface area (Å²) in [4.78, 5) is 21.5. The van der Waals surface area contributed by atoms with Crippen LogP contribution in [0.2, 0.25) is 0 Å². The fraction of sp³-hybridized carbons (Fsp3) is 0.0800. The van der Waals surface area contributed by atoms with Gasteiger partial charge in [0.1, 0.15) is 23.1 Å². The first-order chi connectivity index (χ1) is 16.1. The number of hydrogen-bond acceptors (Lipinski definition) is 6. The Balaban J connectivity index is 1.52. The van der Waals surface area contributed by atoms with Crippen molar-refractivity contribution in [3.05, 3.63) is 90.4 Å². The summed E-state index contributed by atoms with van der Waals surface area (Å²) in [7, 11) is 3.08. The highest BCUT2D eigenvalue weighted by Gasteiger charge is 2.12. The van der Waals surface area contributed by atoms with Gasteiger partial charge in [-0.25, -0.2) is 14.4 Å². The smallest absolute Gasteiger partial charge is 0.255 e. The van der Waals surface area contributed by atoms with Crippen molar-refractivity contribution in [2.45, 2.75) is 0 Å². The molecule has 7 nitrogen and oxygen atoms in total. The summed E-state index contributed by atoms with van der Waals surface area (Å²) in [5.74, 6) is 1.35. The van der Waals surface area contributed by atoms with Gasteiger partial charge in [0.25, 0.3) is 5.91 Å². The Morgan fingerprint density at radius 2 is 1.79 bits per heavy atom. The summed E-state index contributed by atoms with van der Waals surface area (Å²) in [6.07, 6.45) is 1.59. The van der Waals surface area contributed by atoms with Crippen molar-refractivity contribution in [3.63, 3.8) is 0 Å². The molecule has 4 aromatic rings. The minimum Gasteiger partial charge on any atom is -0.497 e. The number of carbonyl (C=O) groups excluding carboxylic acids is 1. The third-order valence-electron chi connectivity index (χ3n) is 4.79. The van der Waals surface area contributed by atoms with Gasteiger partial charge < -0.3 is 20.1 Å². The van der Waals surface area contributed by atoms with Gasteiger partial charge in [0.15, 0.2) is 5.82 Å². The molecule has 0 unspecified atom stereocenters. The van der Waals surface area contributed by atoms with E-state index in [-0.39, 0.29) is 11.7 Å². The van der Waals surface area contributed by atoms with Crippen LogP contribution in [0, 0.1) is 5.82 Å². The van der Waals surface area contributed by atoms with E-state index in [1.54, 1.807) is 67.9 Å². The Labute approximate surface area is 190 Å². The summed E-state index contributed by atoms with van der Waals surface area (Å²) >= 11 is 0. The second-order valence-corrected chi connectivity index (χ2v) is 7.00.